The van der Waals surface area contributed by atoms with Crippen molar-refractivity contribution in [3.8, 4) is 17.1 Å². The van der Waals surface area contributed by atoms with Crippen LogP contribution in [0.25, 0.3) is 11.4 Å². The van der Waals surface area contributed by atoms with E-state index in [9.17, 15) is 4.79 Å². The van der Waals surface area contributed by atoms with E-state index in [1.54, 1.807) is 0 Å². The minimum absolute atomic E-state index is 0.194. The van der Waals surface area contributed by atoms with Gasteiger partial charge in [-0.3, -0.25) is 9.69 Å². The molecule has 0 N–H and O–H groups in total. The maximum Gasteiger partial charge on any atom is 0.316 e. The molecule has 0 bridgehead atoms. The number of hydrogen-bond acceptors (Lipinski definition) is 5. The second kappa shape index (κ2) is 13.0. The van der Waals surface area contributed by atoms with Crippen molar-refractivity contribution in [3.63, 3.8) is 0 Å². The predicted octanol–water partition coefficient (Wildman–Crippen LogP) is 6.35. The Morgan fingerprint density at radius 1 is 0.854 bits per heavy atom. The highest BCUT2D eigenvalue weighted by Crippen LogP contribution is 2.29. The SMILES string of the molecule is O=c1c(OCCC2CCCCC2)c(N2CCN(Cc3cccn3-c3ccc(Cl)cc3)CC2)cnn1-c1ccccc1. The first-order valence-electron chi connectivity index (χ1n) is 14.9. The molecule has 7 nitrogen and oxygen atoms in total. The molecular weight excluding hydrogens is 534 g/mol. The topological polar surface area (TPSA) is 55.5 Å². The average molecular weight is 572 g/mol. The number of benzene rings is 2. The van der Waals surface area contributed by atoms with Crippen LogP contribution < -0.4 is 15.2 Å². The van der Waals surface area contributed by atoms with Gasteiger partial charge in [0.1, 0.15) is 5.69 Å². The fourth-order valence-corrected chi connectivity index (χ4v) is 6.25. The minimum Gasteiger partial charge on any atom is -0.486 e. The first-order valence-corrected chi connectivity index (χ1v) is 15.2. The van der Waals surface area contributed by atoms with Crippen LogP contribution in [0.4, 0.5) is 5.69 Å². The van der Waals surface area contributed by atoms with Crippen molar-refractivity contribution in [1.29, 1.82) is 0 Å². The summed E-state index contributed by atoms with van der Waals surface area (Å²) in [5.74, 6) is 1.12. The van der Waals surface area contributed by atoms with Gasteiger partial charge in [-0.05, 0) is 60.9 Å². The van der Waals surface area contributed by atoms with E-state index >= 15 is 0 Å². The van der Waals surface area contributed by atoms with Crippen molar-refractivity contribution in [2.24, 2.45) is 5.92 Å². The van der Waals surface area contributed by atoms with Crippen LogP contribution in [0.3, 0.4) is 0 Å². The predicted molar refractivity (Wildman–Crippen MR) is 165 cm³/mol. The lowest BCUT2D eigenvalue weighted by Crippen LogP contribution is -2.46. The molecule has 0 amide bonds. The van der Waals surface area contributed by atoms with Gasteiger partial charge in [0.05, 0.1) is 18.5 Å². The Morgan fingerprint density at radius 3 is 2.37 bits per heavy atom. The highest BCUT2D eigenvalue weighted by molar-refractivity contribution is 6.30. The molecule has 1 aliphatic heterocycles. The lowest BCUT2D eigenvalue weighted by molar-refractivity contribution is 0.236. The second-order valence-corrected chi connectivity index (χ2v) is 11.6. The Morgan fingerprint density at radius 2 is 1.61 bits per heavy atom. The Hall–Kier alpha value is -3.55. The van der Waals surface area contributed by atoms with Crippen molar-refractivity contribution in [2.45, 2.75) is 45.1 Å². The van der Waals surface area contributed by atoms with E-state index in [4.69, 9.17) is 16.3 Å². The lowest BCUT2D eigenvalue weighted by Gasteiger charge is -2.36. The molecule has 2 fully saturated rings. The molecule has 2 aliphatic rings. The Balaban J connectivity index is 1.16. The first kappa shape index (κ1) is 27.6. The quantitative estimate of drug-likeness (QED) is 0.234. The third-order valence-corrected chi connectivity index (χ3v) is 8.70. The van der Waals surface area contributed by atoms with Crippen molar-refractivity contribution in [2.75, 3.05) is 37.7 Å². The number of hydrogen-bond donors (Lipinski definition) is 0. The van der Waals surface area contributed by atoms with E-state index in [0.717, 1.165) is 61.2 Å². The summed E-state index contributed by atoms with van der Waals surface area (Å²) in [6, 6.07) is 21.8. The molecule has 3 heterocycles. The molecule has 1 saturated heterocycles. The molecule has 0 radical (unpaired) electrons. The fraction of sp³-hybridized carbons (Fsp3) is 0.394. The van der Waals surface area contributed by atoms with Gasteiger partial charge in [0.15, 0.2) is 0 Å². The Labute approximate surface area is 246 Å². The zero-order chi connectivity index (χ0) is 28.0. The van der Waals surface area contributed by atoms with Crippen LogP contribution >= 0.6 is 11.6 Å². The van der Waals surface area contributed by atoms with Crippen molar-refractivity contribution in [3.05, 3.63) is 100 Å². The van der Waals surface area contributed by atoms with Gasteiger partial charge in [-0.15, -0.1) is 0 Å². The number of nitrogens with zero attached hydrogens (tertiary/aromatic N) is 5. The third kappa shape index (κ3) is 6.52. The number of rotatable bonds is 9. The molecule has 214 valence electrons. The Kier molecular flexibility index (Phi) is 8.73. The minimum atomic E-state index is -0.194. The van der Waals surface area contributed by atoms with Crippen LogP contribution in [0, 0.1) is 5.92 Å². The van der Waals surface area contributed by atoms with E-state index in [1.165, 1.54) is 42.5 Å². The molecule has 4 aromatic rings. The van der Waals surface area contributed by atoms with Gasteiger partial charge < -0.3 is 14.2 Å². The van der Waals surface area contributed by atoms with E-state index in [2.05, 4.69) is 37.8 Å². The molecule has 6 rings (SSSR count). The molecular formula is C33H38ClN5O2. The van der Waals surface area contributed by atoms with Gasteiger partial charge in [-0.25, -0.2) is 0 Å². The smallest absolute Gasteiger partial charge is 0.316 e. The summed E-state index contributed by atoms with van der Waals surface area (Å²) in [6.45, 7) is 4.79. The number of aromatic nitrogens is 3. The molecule has 0 unspecified atom stereocenters. The summed E-state index contributed by atoms with van der Waals surface area (Å²) < 4.78 is 10.0. The molecule has 2 aromatic carbocycles. The summed E-state index contributed by atoms with van der Waals surface area (Å²) in [7, 11) is 0. The molecule has 1 aliphatic carbocycles. The number of piperazine rings is 1. The molecule has 41 heavy (non-hydrogen) atoms. The highest BCUT2D eigenvalue weighted by atomic mass is 35.5. The lowest BCUT2D eigenvalue weighted by atomic mass is 9.87. The second-order valence-electron chi connectivity index (χ2n) is 11.2. The van der Waals surface area contributed by atoms with E-state index in [0.29, 0.717) is 18.3 Å². The normalized spacial score (nSPS) is 16.7. The van der Waals surface area contributed by atoms with Gasteiger partial charge >= 0.3 is 5.56 Å². The first-order chi connectivity index (χ1) is 20.2. The van der Waals surface area contributed by atoms with E-state index in [1.807, 2.05) is 60.8 Å². The summed E-state index contributed by atoms with van der Waals surface area (Å²) >= 11 is 6.10. The number of anilines is 1. The highest BCUT2D eigenvalue weighted by Gasteiger charge is 2.24. The number of para-hydroxylation sites is 1. The van der Waals surface area contributed by atoms with Crippen LogP contribution in [0.5, 0.6) is 5.75 Å². The molecule has 1 saturated carbocycles. The summed E-state index contributed by atoms with van der Waals surface area (Å²) in [6.07, 6.45) is 11.4. The average Bonchev–Trinajstić information content (AvgIpc) is 3.48. The molecule has 0 atom stereocenters. The van der Waals surface area contributed by atoms with Crippen molar-refractivity contribution in [1.82, 2.24) is 19.2 Å². The summed E-state index contributed by atoms with van der Waals surface area (Å²) in [4.78, 5) is 18.4. The van der Waals surface area contributed by atoms with Crippen molar-refractivity contribution >= 4 is 17.3 Å². The Bertz CT molecular complexity index is 1470. The van der Waals surface area contributed by atoms with Gasteiger partial charge in [0.25, 0.3) is 0 Å². The standard InChI is InChI=1S/C33H38ClN5O2/c34-27-13-15-28(16-14-27)38-18-7-12-30(38)25-36-19-21-37(22-20-36)31-24-35-39(29-10-5-2-6-11-29)33(40)32(31)41-23-17-26-8-3-1-4-9-26/h2,5-7,10-16,18,24,26H,1,3-4,8-9,17,19-23,25H2. The maximum absolute atomic E-state index is 13.7. The zero-order valence-corrected chi connectivity index (χ0v) is 24.3. The third-order valence-electron chi connectivity index (χ3n) is 8.45. The van der Waals surface area contributed by atoms with Gasteiger partial charge in [0.2, 0.25) is 5.75 Å². The fourth-order valence-electron chi connectivity index (χ4n) is 6.12. The van der Waals surface area contributed by atoms with Crippen LogP contribution in [-0.4, -0.2) is 52.0 Å². The van der Waals surface area contributed by atoms with Crippen LogP contribution in [0.15, 0.2) is 83.9 Å². The van der Waals surface area contributed by atoms with Gasteiger partial charge in [0, 0.05) is 55.3 Å². The van der Waals surface area contributed by atoms with Crippen molar-refractivity contribution < 1.29 is 4.74 Å². The largest absolute Gasteiger partial charge is 0.486 e. The van der Waals surface area contributed by atoms with Crippen LogP contribution in [0.1, 0.15) is 44.2 Å². The monoisotopic (exact) mass is 571 g/mol. The number of ether oxygens (including phenoxy) is 1. The number of halogens is 1. The molecule has 0 spiro atoms. The summed E-state index contributed by atoms with van der Waals surface area (Å²) in [5, 5.41) is 5.31. The van der Waals surface area contributed by atoms with Crippen LogP contribution in [-0.2, 0) is 6.54 Å². The molecule has 2 aromatic heterocycles. The van der Waals surface area contributed by atoms with Gasteiger partial charge in [-0.2, -0.15) is 9.78 Å². The van der Waals surface area contributed by atoms with Crippen LogP contribution in [0.2, 0.25) is 5.02 Å². The molecule has 8 heteroatoms. The zero-order valence-electron chi connectivity index (χ0n) is 23.5. The van der Waals surface area contributed by atoms with Gasteiger partial charge in [-0.1, -0.05) is 61.9 Å². The summed E-state index contributed by atoms with van der Waals surface area (Å²) in [5.41, 5.74) is 3.69. The maximum atomic E-state index is 13.7. The van der Waals surface area contributed by atoms with E-state index < -0.39 is 0 Å². The van der Waals surface area contributed by atoms with E-state index in [-0.39, 0.29) is 5.56 Å².